The van der Waals surface area contributed by atoms with Gasteiger partial charge < -0.3 is 0 Å². The van der Waals surface area contributed by atoms with Gasteiger partial charge in [-0.3, -0.25) is 9.59 Å². The molecule has 1 heterocycles. The molecule has 26 heavy (non-hydrogen) atoms. The Morgan fingerprint density at radius 2 is 1.92 bits per heavy atom. The van der Waals surface area contributed by atoms with Gasteiger partial charge in [-0.2, -0.15) is 23.0 Å². The summed E-state index contributed by atoms with van der Waals surface area (Å²) in [5.74, 6) is -1.00. The first-order valence-electron chi connectivity index (χ1n) is 7.65. The maximum atomic E-state index is 13.3. The molecular formula is C18H12ClF3N2O2. The van der Waals surface area contributed by atoms with Crippen LogP contribution in [0.2, 0.25) is 5.02 Å². The lowest BCUT2D eigenvalue weighted by molar-refractivity contribution is -0.137. The summed E-state index contributed by atoms with van der Waals surface area (Å²) in [6.07, 6.45) is -3.73. The first-order valence-corrected chi connectivity index (χ1v) is 8.03. The molecule has 0 atom stereocenters. The normalized spacial score (nSPS) is 11.7. The molecule has 0 bridgehead atoms. The van der Waals surface area contributed by atoms with Gasteiger partial charge in [-0.05, 0) is 24.6 Å². The summed E-state index contributed by atoms with van der Waals surface area (Å²) in [5, 5.41) is 4.26. The van der Waals surface area contributed by atoms with E-state index in [1.807, 2.05) is 0 Å². The molecule has 2 aromatic carbocycles. The number of halogens is 4. The third-order valence-corrected chi connectivity index (χ3v) is 4.31. The van der Waals surface area contributed by atoms with Crippen LogP contribution in [0.3, 0.4) is 0 Å². The maximum absolute atomic E-state index is 13.3. The zero-order valence-corrected chi connectivity index (χ0v) is 14.2. The highest BCUT2D eigenvalue weighted by Gasteiger charge is 2.37. The van der Waals surface area contributed by atoms with Crippen LogP contribution in [0.1, 0.15) is 38.9 Å². The monoisotopic (exact) mass is 380 g/mol. The first-order chi connectivity index (χ1) is 12.3. The molecule has 4 nitrogen and oxygen atoms in total. The average molecular weight is 381 g/mol. The summed E-state index contributed by atoms with van der Waals surface area (Å²) in [5.41, 5.74) is -0.803. The van der Waals surface area contributed by atoms with Crippen molar-refractivity contribution in [3.05, 3.63) is 63.8 Å². The number of aromatic nitrogens is 2. The molecule has 0 aliphatic heterocycles. The Hall–Kier alpha value is -2.67. The third kappa shape index (κ3) is 2.88. The number of rotatable bonds is 3. The van der Waals surface area contributed by atoms with E-state index in [0.29, 0.717) is 29.4 Å². The van der Waals surface area contributed by atoms with E-state index in [0.717, 1.165) is 16.8 Å². The Morgan fingerprint density at radius 1 is 1.23 bits per heavy atom. The predicted molar refractivity (Wildman–Crippen MR) is 90.7 cm³/mol. The largest absolute Gasteiger partial charge is 0.417 e. The van der Waals surface area contributed by atoms with E-state index >= 15 is 0 Å². The van der Waals surface area contributed by atoms with Crippen molar-refractivity contribution in [2.75, 3.05) is 0 Å². The number of fused-ring (bicyclic) bond motifs is 1. The van der Waals surface area contributed by atoms with Crippen molar-refractivity contribution in [1.82, 2.24) is 9.78 Å². The minimum atomic E-state index is -4.75. The molecule has 8 heteroatoms. The molecular weight excluding hydrogens is 369 g/mol. The molecule has 0 radical (unpaired) electrons. The second-order valence-electron chi connectivity index (χ2n) is 5.54. The fourth-order valence-corrected chi connectivity index (χ4v) is 3.11. The molecule has 1 aromatic heterocycles. The van der Waals surface area contributed by atoms with E-state index < -0.39 is 23.2 Å². The highest BCUT2D eigenvalue weighted by Crippen LogP contribution is 2.36. The van der Waals surface area contributed by atoms with Crippen LogP contribution in [0.4, 0.5) is 13.2 Å². The van der Waals surface area contributed by atoms with Gasteiger partial charge in [0.25, 0.3) is 5.91 Å². The number of hydrogen-bond donors (Lipinski definition) is 0. The van der Waals surface area contributed by atoms with E-state index in [2.05, 4.69) is 5.10 Å². The molecule has 134 valence electrons. The highest BCUT2D eigenvalue weighted by atomic mass is 35.5. The summed E-state index contributed by atoms with van der Waals surface area (Å²) in [4.78, 5) is 24.2. The van der Waals surface area contributed by atoms with Crippen LogP contribution in [0.15, 0.2) is 36.4 Å². The summed E-state index contributed by atoms with van der Waals surface area (Å²) in [7, 11) is 0. The van der Waals surface area contributed by atoms with E-state index in [1.54, 1.807) is 13.0 Å². The van der Waals surface area contributed by atoms with Gasteiger partial charge in [0, 0.05) is 10.9 Å². The summed E-state index contributed by atoms with van der Waals surface area (Å²) < 4.78 is 40.8. The van der Waals surface area contributed by atoms with E-state index in [4.69, 9.17) is 11.6 Å². The lowest BCUT2D eigenvalue weighted by Gasteiger charge is -2.13. The minimum absolute atomic E-state index is 0.254. The number of carbonyl (C=O) groups excluding carboxylic acids is 2. The predicted octanol–water partition coefficient (Wildman–Crippen LogP) is 4.77. The van der Waals surface area contributed by atoms with Gasteiger partial charge >= 0.3 is 6.18 Å². The van der Waals surface area contributed by atoms with Crippen molar-refractivity contribution in [1.29, 1.82) is 0 Å². The molecule has 0 spiro atoms. The zero-order chi connectivity index (χ0) is 19.1. The number of aryl methyl sites for hydroxylation is 1. The number of benzene rings is 2. The van der Waals surface area contributed by atoms with Crippen LogP contribution >= 0.6 is 11.6 Å². The summed E-state index contributed by atoms with van der Waals surface area (Å²) >= 11 is 5.91. The Balaban J connectivity index is 2.30. The van der Waals surface area contributed by atoms with Crippen molar-refractivity contribution in [3.8, 4) is 0 Å². The lowest BCUT2D eigenvalue weighted by atomic mass is 10.1. The van der Waals surface area contributed by atoms with Crippen LogP contribution in [-0.4, -0.2) is 22.0 Å². The SMILES string of the molecule is CCc1nn(C(=O)c2c(Cl)cccc2C(F)(F)F)c2cccc(C=O)c12. The van der Waals surface area contributed by atoms with Gasteiger partial charge in [-0.25, -0.2) is 0 Å². The van der Waals surface area contributed by atoms with Gasteiger partial charge in [0.1, 0.15) is 0 Å². The Morgan fingerprint density at radius 3 is 2.54 bits per heavy atom. The molecule has 3 rings (SSSR count). The second-order valence-corrected chi connectivity index (χ2v) is 5.94. The van der Waals surface area contributed by atoms with Crippen molar-refractivity contribution < 1.29 is 22.8 Å². The average Bonchev–Trinajstić information content (AvgIpc) is 2.99. The Kier molecular flexibility index (Phi) is 4.58. The molecule has 0 N–H and O–H groups in total. The highest BCUT2D eigenvalue weighted by molar-refractivity contribution is 6.34. The van der Waals surface area contributed by atoms with Crippen molar-refractivity contribution in [3.63, 3.8) is 0 Å². The van der Waals surface area contributed by atoms with Gasteiger partial charge in [0.05, 0.1) is 27.4 Å². The molecule has 3 aromatic rings. The third-order valence-electron chi connectivity index (χ3n) is 4.00. The van der Waals surface area contributed by atoms with Crippen molar-refractivity contribution in [2.24, 2.45) is 0 Å². The van der Waals surface area contributed by atoms with Crippen molar-refractivity contribution >= 4 is 34.7 Å². The summed E-state index contributed by atoms with van der Waals surface area (Å²) in [6.45, 7) is 1.77. The van der Waals surface area contributed by atoms with Gasteiger partial charge in [-0.15, -0.1) is 0 Å². The fourth-order valence-electron chi connectivity index (χ4n) is 2.86. The van der Waals surface area contributed by atoms with E-state index in [-0.39, 0.29) is 10.5 Å². The molecule has 0 unspecified atom stereocenters. The second kappa shape index (κ2) is 6.57. The van der Waals surface area contributed by atoms with Gasteiger partial charge in [0.2, 0.25) is 0 Å². The van der Waals surface area contributed by atoms with Crippen LogP contribution in [-0.2, 0) is 12.6 Å². The quantitative estimate of drug-likeness (QED) is 0.615. The number of aldehydes is 1. The minimum Gasteiger partial charge on any atom is -0.298 e. The zero-order valence-electron chi connectivity index (χ0n) is 13.5. The smallest absolute Gasteiger partial charge is 0.298 e. The Labute approximate surface area is 151 Å². The van der Waals surface area contributed by atoms with Crippen molar-refractivity contribution in [2.45, 2.75) is 19.5 Å². The standard InChI is InChI=1S/C18H12ClF3N2O2/c1-2-13-15-10(9-25)5-3-8-14(15)24(23-13)17(26)16-11(18(20,21)22)6-4-7-12(16)19/h3-9H,2H2,1H3. The van der Waals surface area contributed by atoms with Crippen LogP contribution in [0, 0.1) is 0 Å². The lowest BCUT2D eigenvalue weighted by Crippen LogP contribution is -2.20. The Bertz CT molecular complexity index is 1030. The van der Waals surface area contributed by atoms with Gasteiger partial charge in [-0.1, -0.05) is 36.7 Å². The molecule has 0 aliphatic rings. The number of alkyl halides is 3. The molecule has 0 aliphatic carbocycles. The summed E-state index contributed by atoms with van der Waals surface area (Å²) in [6, 6.07) is 7.76. The number of carbonyl (C=O) groups is 2. The van der Waals surface area contributed by atoms with Crippen LogP contribution < -0.4 is 0 Å². The molecule has 0 saturated heterocycles. The van der Waals surface area contributed by atoms with Crippen LogP contribution in [0.25, 0.3) is 10.9 Å². The topological polar surface area (TPSA) is 52.0 Å². The first kappa shape index (κ1) is 18.1. The van der Waals surface area contributed by atoms with E-state index in [9.17, 15) is 22.8 Å². The van der Waals surface area contributed by atoms with Crippen LogP contribution in [0.5, 0.6) is 0 Å². The molecule has 0 saturated carbocycles. The number of hydrogen-bond acceptors (Lipinski definition) is 3. The number of nitrogens with zero attached hydrogens (tertiary/aromatic N) is 2. The maximum Gasteiger partial charge on any atom is 0.417 e. The fraction of sp³-hybridized carbons (Fsp3) is 0.167. The van der Waals surface area contributed by atoms with Gasteiger partial charge in [0.15, 0.2) is 6.29 Å². The van der Waals surface area contributed by atoms with E-state index in [1.165, 1.54) is 18.2 Å². The molecule has 0 fully saturated rings. The molecule has 0 amide bonds.